The summed E-state index contributed by atoms with van der Waals surface area (Å²) >= 11 is 0. The van der Waals surface area contributed by atoms with Gasteiger partial charge in [-0.25, -0.2) is 0 Å². The fraction of sp³-hybridized carbons (Fsp3) is 1.00. The van der Waals surface area contributed by atoms with Crippen LogP contribution in [0.25, 0.3) is 0 Å². The highest BCUT2D eigenvalue weighted by molar-refractivity contribution is 6.42. The molecule has 0 atom stereocenters. The van der Waals surface area contributed by atoms with Crippen LogP contribution in [0, 0.1) is 0 Å². The van der Waals surface area contributed by atoms with E-state index in [1.807, 2.05) is 6.55 Å². The lowest BCUT2D eigenvalue weighted by atomic mass is 11.8. The monoisotopic (exact) mass is 108 g/mol. The molecule has 0 rings (SSSR count). The zero-order chi connectivity index (χ0) is 4.99. The largest absolute Gasteiger partial charge is 0.400 e. The molecular weight excluding hydrogens is 96.1 g/mol. The van der Waals surface area contributed by atoms with E-state index in [-0.39, 0.29) is 1.43 Å². The fourth-order valence-electron chi connectivity index (χ4n) is 0.0962. The molecule has 40 valence electrons. The molecule has 0 amide bonds. The quantitative estimate of drug-likeness (QED) is 0.476. The summed E-state index contributed by atoms with van der Waals surface area (Å²) in [7, 11) is 2.17. The summed E-state index contributed by atoms with van der Waals surface area (Å²) in [5.74, 6) is 0. The van der Waals surface area contributed by atoms with Crippen molar-refractivity contribution < 1.29 is 10.3 Å². The molecule has 0 aromatic rings. The van der Waals surface area contributed by atoms with E-state index in [2.05, 4.69) is 0 Å². The zero-order valence-electron chi connectivity index (χ0n) is 4.39. The van der Waals surface area contributed by atoms with Crippen LogP contribution < -0.4 is 0 Å². The summed E-state index contributed by atoms with van der Waals surface area (Å²) in [5.41, 5.74) is 0. The average molecular weight is 108 g/mol. The average Bonchev–Trinajstić information content (AvgIpc) is 1.65. The van der Waals surface area contributed by atoms with Crippen LogP contribution in [0.5, 0.6) is 0 Å². The molecule has 0 aliphatic heterocycles. The fourth-order valence-corrected chi connectivity index (χ4v) is 0.289. The van der Waals surface area contributed by atoms with Crippen LogP contribution in [0.4, 0.5) is 0 Å². The Morgan fingerprint density at radius 1 is 1.33 bits per heavy atom. The molecule has 0 N–H and O–H groups in total. The molecule has 0 aliphatic carbocycles. The van der Waals surface area contributed by atoms with Gasteiger partial charge in [0.2, 0.25) is 0 Å². The van der Waals surface area contributed by atoms with E-state index in [1.54, 1.807) is 14.2 Å². The Morgan fingerprint density at radius 2 is 1.67 bits per heavy atom. The Morgan fingerprint density at radius 3 is 1.67 bits per heavy atom. The highest BCUT2D eigenvalue weighted by atomic mass is 28.3. The van der Waals surface area contributed by atoms with Crippen molar-refractivity contribution in [1.29, 1.82) is 0 Å². The topological polar surface area (TPSA) is 18.5 Å². The predicted molar refractivity (Wildman–Crippen MR) is 29.1 cm³/mol. The number of rotatable bonds is 2. The van der Waals surface area contributed by atoms with Crippen molar-refractivity contribution in [3.8, 4) is 0 Å². The second kappa shape index (κ2) is 3.33. The van der Waals surface area contributed by atoms with Gasteiger partial charge < -0.3 is 8.85 Å². The van der Waals surface area contributed by atoms with E-state index in [4.69, 9.17) is 8.85 Å². The Labute approximate surface area is 41.4 Å². The van der Waals surface area contributed by atoms with Gasteiger partial charge >= 0.3 is 9.28 Å². The molecule has 0 heterocycles. The molecule has 0 saturated heterocycles. The summed E-state index contributed by atoms with van der Waals surface area (Å²) in [6.07, 6.45) is 0. The molecule has 3 heteroatoms. The van der Waals surface area contributed by atoms with E-state index < -0.39 is 9.28 Å². The Balaban J connectivity index is 0. The van der Waals surface area contributed by atoms with Crippen molar-refractivity contribution in [3.63, 3.8) is 0 Å². The molecule has 6 heavy (non-hydrogen) atoms. The molecular formula is C3H12O2Si. The minimum Gasteiger partial charge on any atom is -0.400 e. The third-order valence-corrected chi connectivity index (χ3v) is 1.99. The van der Waals surface area contributed by atoms with Gasteiger partial charge in [-0.15, -0.1) is 0 Å². The van der Waals surface area contributed by atoms with Crippen LogP contribution in [0.1, 0.15) is 1.43 Å². The van der Waals surface area contributed by atoms with Crippen molar-refractivity contribution >= 4 is 9.28 Å². The van der Waals surface area contributed by atoms with Crippen molar-refractivity contribution in [2.24, 2.45) is 0 Å². The van der Waals surface area contributed by atoms with Crippen molar-refractivity contribution in [2.45, 2.75) is 6.55 Å². The Bertz CT molecular complexity index is 32.1. The molecule has 0 aromatic heterocycles. The van der Waals surface area contributed by atoms with E-state index in [0.29, 0.717) is 0 Å². The maximum absolute atomic E-state index is 4.82. The van der Waals surface area contributed by atoms with Gasteiger partial charge in [0.1, 0.15) is 0 Å². The van der Waals surface area contributed by atoms with E-state index >= 15 is 0 Å². The first-order valence-electron chi connectivity index (χ1n) is 1.87. The number of hydrogen-bond acceptors (Lipinski definition) is 2. The first kappa shape index (κ1) is 6.14. The summed E-state index contributed by atoms with van der Waals surface area (Å²) < 4.78 is 9.63. The highest BCUT2D eigenvalue weighted by Crippen LogP contribution is 1.77. The second-order valence-corrected chi connectivity index (χ2v) is 3.12. The predicted octanol–water partition coefficient (Wildman–Crippen LogP) is 0.375. The third-order valence-electron chi connectivity index (χ3n) is 0.664. The maximum Gasteiger partial charge on any atom is 0.317 e. The van der Waals surface area contributed by atoms with E-state index in [0.717, 1.165) is 0 Å². The normalized spacial score (nSPS) is 10.0. The minimum absolute atomic E-state index is 0. The molecule has 0 aromatic carbocycles. The summed E-state index contributed by atoms with van der Waals surface area (Å²) in [6, 6.07) is 0. The molecule has 0 fully saturated rings. The first-order chi connectivity index (χ1) is 2.81. The summed E-state index contributed by atoms with van der Waals surface area (Å²) in [4.78, 5) is 0. The van der Waals surface area contributed by atoms with Gasteiger partial charge in [-0.05, 0) is 6.55 Å². The van der Waals surface area contributed by atoms with Crippen molar-refractivity contribution in [1.82, 2.24) is 0 Å². The second-order valence-electron chi connectivity index (χ2n) is 1.04. The van der Waals surface area contributed by atoms with Crippen LogP contribution in [0.15, 0.2) is 0 Å². The minimum atomic E-state index is -1.16. The molecule has 0 unspecified atom stereocenters. The van der Waals surface area contributed by atoms with Gasteiger partial charge in [-0.3, -0.25) is 0 Å². The van der Waals surface area contributed by atoms with Crippen LogP contribution >= 0.6 is 0 Å². The van der Waals surface area contributed by atoms with Gasteiger partial charge in [0.25, 0.3) is 0 Å². The van der Waals surface area contributed by atoms with Gasteiger partial charge in [-0.1, -0.05) is 0 Å². The molecule has 0 bridgehead atoms. The molecule has 2 nitrogen and oxygen atoms in total. The van der Waals surface area contributed by atoms with Gasteiger partial charge in [0, 0.05) is 15.6 Å². The van der Waals surface area contributed by atoms with Gasteiger partial charge in [-0.2, -0.15) is 0 Å². The lowest BCUT2D eigenvalue weighted by molar-refractivity contribution is 0.285. The van der Waals surface area contributed by atoms with Crippen LogP contribution in [0.2, 0.25) is 6.55 Å². The van der Waals surface area contributed by atoms with Crippen molar-refractivity contribution in [2.75, 3.05) is 14.2 Å². The first-order valence-corrected chi connectivity index (χ1v) is 3.96. The number of hydrogen-bond donors (Lipinski definition) is 0. The molecule has 0 spiro atoms. The third kappa shape index (κ3) is 2.38. The Hall–Kier alpha value is 0.137. The lowest BCUT2D eigenvalue weighted by Crippen LogP contribution is -2.12. The SMILES string of the molecule is CO[SiH](C)OC.[HH]. The maximum atomic E-state index is 4.82. The molecule has 0 saturated carbocycles. The zero-order valence-corrected chi connectivity index (χ0v) is 5.55. The van der Waals surface area contributed by atoms with E-state index in [9.17, 15) is 0 Å². The molecule has 0 aliphatic rings. The Kier molecular flexibility index (Phi) is 3.41. The highest BCUT2D eigenvalue weighted by Gasteiger charge is 1.94. The standard InChI is InChI=1S/C3H10O2Si.H2/c1-4-6(3)5-2;/h6H,1-3H3;1H. The van der Waals surface area contributed by atoms with Gasteiger partial charge in [0.05, 0.1) is 0 Å². The molecule has 0 radical (unpaired) electrons. The summed E-state index contributed by atoms with van der Waals surface area (Å²) in [6.45, 7) is 1.97. The van der Waals surface area contributed by atoms with E-state index in [1.165, 1.54) is 0 Å². The summed E-state index contributed by atoms with van der Waals surface area (Å²) in [5, 5.41) is 0. The van der Waals surface area contributed by atoms with Crippen LogP contribution in [-0.4, -0.2) is 23.5 Å². The lowest BCUT2D eigenvalue weighted by Gasteiger charge is -2.00. The van der Waals surface area contributed by atoms with Crippen LogP contribution in [0.3, 0.4) is 0 Å². The van der Waals surface area contributed by atoms with Crippen LogP contribution in [-0.2, 0) is 8.85 Å². The van der Waals surface area contributed by atoms with Gasteiger partial charge in [0.15, 0.2) is 0 Å². The van der Waals surface area contributed by atoms with Crippen molar-refractivity contribution in [3.05, 3.63) is 0 Å². The smallest absolute Gasteiger partial charge is 0.317 e.